The van der Waals surface area contributed by atoms with Gasteiger partial charge in [-0.15, -0.1) is 0 Å². The summed E-state index contributed by atoms with van der Waals surface area (Å²) in [6.07, 6.45) is 0. The van der Waals surface area contributed by atoms with Crippen LogP contribution in [0.2, 0.25) is 5.02 Å². The van der Waals surface area contributed by atoms with Crippen LogP contribution in [0.3, 0.4) is 0 Å². The Morgan fingerprint density at radius 1 is 1.16 bits per heavy atom. The summed E-state index contributed by atoms with van der Waals surface area (Å²) in [4.78, 5) is 2.96. The third-order valence-electron chi connectivity index (χ3n) is 4.05. The summed E-state index contributed by atoms with van der Waals surface area (Å²) in [6, 6.07) is 13.4. The Hall–Kier alpha value is -1.82. The van der Waals surface area contributed by atoms with Crippen LogP contribution in [0.5, 0.6) is 11.5 Å². The van der Waals surface area contributed by atoms with E-state index in [2.05, 4.69) is 4.90 Å². The zero-order chi connectivity index (χ0) is 17.6. The molecule has 0 aromatic heterocycles. The lowest BCUT2D eigenvalue weighted by Crippen LogP contribution is -2.40. The molecule has 1 aliphatic heterocycles. The first kappa shape index (κ1) is 18.0. The lowest BCUT2D eigenvalue weighted by molar-refractivity contribution is 0.0693. The molecule has 0 N–H and O–H groups in total. The molecular formula is C19H20ClNO3S. The van der Waals surface area contributed by atoms with Gasteiger partial charge in [0.25, 0.3) is 0 Å². The molecule has 6 heteroatoms. The molecular weight excluding hydrogens is 358 g/mol. The van der Waals surface area contributed by atoms with Crippen molar-refractivity contribution in [3.63, 3.8) is 0 Å². The van der Waals surface area contributed by atoms with Crippen molar-refractivity contribution in [2.45, 2.75) is 6.61 Å². The van der Waals surface area contributed by atoms with Gasteiger partial charge in [0.05, 0.1) is 20.3 Å². The van der Waals surface area contributed by atoms with E-state index >= 15 is 0 Å². The van der Waals surface area contributed by atoms with Gasteiger partial charge in [0.15, 0.2) is 11.5 Å². The van der Waals surface area contributed by atoms with E-state index in [9.17, 15) is 0 Å². The quantitative estimate of drug-likeness (QED) is 0.737. The molecule has 0 spiro atoms. The number of rotatable bonds is 5. The predicted molar refractivity (Wildman–Crippen MR) is 103 cm³/mol. The molecule has 1 saturated heterocycles. The van der Waals surface area contributed by atoms with Gasteiger partial charge in [-0.2, -0.15) is 0 Å². The molecule has 132 valence electrons. The molecule has 3 rings (SSSR count). The van der Waals surface area contributed by atoms with Crippen LogP contribution in [0.15, 0.2) is 42.5 Å². The Balaban J connectivity index is 1.73. The summed E-state index contributed by atoms with van der Waals surface area (Å²) >= 11 is 11.8. The zero-order valence-corrected chi connectivity index (χ0v) is 15.6. The molecule has 1 aliphatic rings. The van der Waals surface area contributed by atoms with Crippen molar-refractivity contribution in [3.05, 3.63) is 58.6 Å². The molecule has 0 radical (unpaired) electrons. The predicted octanol–water partition coefficient (Wildman–Crippen LogP) is 3.94. The summed E-state index contributed by atoms with van der Waals surface area (Å²) < 4.78 is 16.7. The van der Waals surface area contributed by atoms with E-state index in [1.807, 2.05) is 42.5 Å². The second kappa shape index (κ2) is 8.52. The minimum absolute atomic E-state index is 0.378. The molecule has 0 amide bonds. The van der Waals surface area contributed by atoms with Gasteiger partial charge in [0, 0.05) is 29.2 Å². The van der Waals surface area contributed by atoms with Gasteiger partial charge in [0.2, 0.25) is 0 Å². The van der Waals surface area contributed by atoms with Crippen LogP contribution < -0.4 is 9.47 Å². The average Bonchev–Trinajstić information content (AvgIpc) is 2.67. The highest BCUT2D eigenvalue weighted by atomic mass is 35.5. The first-order valence-corrected chi connectivity index (χ1v) is 8.89. The first-order valence-electron chi connectivity index (χ1n) is 8.10. The second-order valence-electron chi connectivity index (χ2n) is 5.65. The lowest BCUT2D eigenvalue weighted by atomic mass is 10.1. The zero-order valence-electron chi connectivity index (χ0n) is 14.0. The number of hydrogen-bond acceptors (Lipinski definition) is 4. The summed E-state index contributed by atoms with van der Waals surface area (Å²) in [6.45, 7) is 3.41. The van der Waals surface area contributed by atoms with Crippen LogP contribution in [0.4, 0.5) is 0 Å². The smallest absolute Gasteiger partial charge is 0.161 e. The molecule has 0 saturated carbocycles. The maximum absolute atomic E-state index is 6.17. The van der Waals surface area contributed by atoms with Crippen LogP contribution in [-0.2, 0) is 11.3 Å². The molecule has 0 unspecified atom stereocenters. The van der Waals surface area contributed by atoms with Crippen LogP contribution >= 0.6 is 23.8 Å². The highest BCUT2D eigenvalue weighted by molar-refractivity contribution is 7.80. The minimum atomic E-state index is 0.378. The number of thiocarbonyl (C=S) groups is 1. The Morgan fingerprint density at radius 3 is 2.64 bits per heavy atom. The Labute approximate surface area is 158 Å². The summed E-state index contributed by atoms with van der Waals surface area (Å²) in [7, 11) is 1.62. The second-order valence-corrected chi connectivity index (χ2v) is 6.44. The topological polar surface area (TPSA) is 30.9 Å². The van der Waals surface area contributed by atoms with E-state index in [1.165, 1.54) is 0 Å². The maximum atomic E-state index is 6.17. The number of halogens is 1. The number of nitrogens with zero attached hydrogens (tertiary/aromatic N) is 1. The molecule has 1 heterocycles. The third-order valence-corrected chi connectivity index (χ3v) is 4.91. The minimum Gasteiger partial charge on any atom is -0.493 e. The first-order chi connectivity index (χ1) is 12.2. The van der Waals surface area contributed by atoms with Gasteiger partial charge in [-0.25, -0.2) is 0 Å². The lowest BCUT2D eigenvalue weighted by Gasteiger charge is -2.29. The fourth-order valence-electron chi connectivity index (χ4n) is 2.64. The summed E-state index contributed by atoms with van der Waals surface area (Å²) in [5.41, 5.74) is 1.87. The van der Waals surface area contributed by atoms with Gasteiger partial charge in [-0.05, 0) is 24.3 Å². The highest BCUT2D eigenvalue weighted by Crippen LogP contribution is 2.30. The Bertz CT molecular complexity index is 747. The van der Waals surface area contributed by atoms with E-state index in [1.54, 1.807) is 7.11 Å². The van der Waals surface area contributed by atoms with Crippen LogP contribution in [0.1, 0.15) is 11.1 Å². The highest BCUT2D eigenvalue weighted by Gasteiger charge is 2.17. The van der Waals surface area contributed by atoms with E-state index < -0.39 is 0 Å². The van der Waals surface area contributed by atoms with E-state index in [4.69, 9.17) is 38.0 Å². The Morgan fingerprint density at radius 2 is 1.92 bits per heavy atom. The number of ether oxygens (including phenoxy) is 3. The molecule has 0 bridgehead atoms. The number of benzene rings is 2. The van der Waals surface area contributed by atoms with Crippen molar-refractivity contribution in [2.75, 3.05) is 33.4 Å². The van der Waals surface area contributed by atoms with Gasteiger partial charge in [-0.3, -0.25) is 0 Å². The van der Waals surface area contributed by atoms with Gasteiger partial charge in [-0.1, -0.05) is 42.0 Å². The van der Waals surface area contributed by atoms with Gasteiger partial charge < -0.3 is 19.1 Å². The van der Waals surface area contributed by atoms with Crippen LogP contribution in [-0.4, -0.2) is 43.3 Å². The molecule has 0 aliphatic carbocycles. The van der Waals surface area contributed by atoms with Crippen molar-refractivity contribution in [1.29, 1.82) is 0 Å². The van der Waals surface area contributed by atoms with Gasteiger partial charge in [0.1, 0.15) is 11.6 Å². The van der Waals surface area contributed by atoms with E-state index in [0.29, 0.717) is 36.3 Å². The monoisotopic (exact) mass is 377 g/mol. The standard InChI is InChI=1S/C19H20ClNO3S/c1-22-18-12-14(19(25)21-8-10-23-11-9-21)6-7-17(18)24-13-15-4-2-3-5-16(15)20/h2-7,12H,8-11,13H2,1H3. The molecule has 25 heavy (non-hydrogen) atoms. The van der Waals surface area contributed by atoms with Crippen molar-refractivity contribution >= 4 is 28.8 Å². The van der Waals surface area contributed by atoms with Crippen molar-refractivity contribution in [3.8, 4) is 11.5 Å². The number of hydrogen-bond donors (Lipinski definition) is 0. The van der Waals surface area contributed by atoms with Crippen LogP contribution in [0, 0.1) is 0 Å². The van der Waals surface area contributed by atoms with E-state index in [0.717, 1.165) is 29.2 Å². The Kier molecular flexibility index (Phi) is 6.13. The average molecular weight is 378 g/mol. The van der Waals surface area contributed by atoms with Gasteiger partial charge >= 0.3 is 0 Å². The van der Waals surface area contributed by atoms with Crippen molar-refractivity contribution < 1.29 is 14.2 Å². The summed E-state index contributed by atoms with van der Waals surface area (Å²) in [5, 5.41) is 0.687. The van der Waals surface area contributed by atoms with E-state index in [-0.39, 0.29) is 0 Å². The number of methoxy groups -OCH3 is 1. The van der Waals surface area contributed by atoms with Crippen molar-refractivity contribution in [2.24, 2.45) is 0 Å². The molecule has 4 nitrogen and oxygen atoms in total. The fraction of sp³-hybridized carbons (Fsp3) is 0.316. The SMILES string of the molecule is COc1cc(C(=S)N2CCOCC2)ccc1OCc1ccccc1Cl. The molecule has 2 aromatic rings. The largest absolute Gasteiger partial charge is 0.493 e. The van der Waals surface area contributed by atoms with Crippen LogP contribution in [0.25, 0.3) is 0 Å². The maximum Gasteiger partial charge on any atom is 0.161 e. The number of morpholine rings is 1. The van der Waals surface area contributed by atoms with Crippen molar-refractivity contribution in [1.82, 2.24) is 4.90 Å². The molecule has 2 aromatic carbocycles. The summed E-state index contributed by atoms with van der Waals surface area (Å²) in [5.74, 6) is 1.32. The molecule has 0 atom stereocenters. The fourth-order valence-corrected chi connectivity index (χ4v) is 3.14. The molecule has 1 fully saturated rings. The normalized spacial score (nSPS) is 14.2. The third kappa shape index (κ3) is 4.42.